The van der Waals surface area contributed by atoms with Gasteiger partial charge < -0.3 is 10.2 Å². The number of aryl methyl sites for hydroxylation is 1. The standard InChI is InChI=1S/C15H28N4/c1-7-8-13-17-14(16-5)10-15(18-13)19(6)12(4)9-11(2)3/h10-12H,7-9H2,1-6H3,(H,16,17,18). The van der Waals surface area contributed by atoms with Gasteiger partial charge in [-0.05, 0) is 25.7 Å². The topological polar surface area (TPSA) is 41.1 Å². The summed E-state index contributed by atoms with van der Waals surface area (Å²) in [5.74, 6) is 3.53. The third-order valence-corrected chi connectivity index (χ3v) is 3.32. The van der Waals surface area contributed by atoms with Crippen molar-refractivity contribution in [3.05, 3.63) is 11.9 Å². The van der Waals surface area contributed by atoms with Gasteiger partial charge in [0.1, 0.15) is 17.5 Å². The Morgan fingerprint density at radius 3 is 2.47 bits per heavy atom. The van der Waals surface area contributed by atoms with E-state index in [4.69, 9.17) is 0 Å². The molecule has 0 aliphatic carbocycles. The Hall–Kier alpha value is -1.32. The van der Waals surface area contributed by atoms with E-state index in [2.05, 4.69) is 54.9 Å². The van der Waals surface area contributed by atoms with Gasteiger partial charge in [-0.25, -0.2) is 9.97 Å². The van der Waals surface area contributed by atoms with Crippen molar-refractivity contribution < 1.29 is 0 Å². The first kappa shape index (κ1) is 15.7. The van der Waals surface area contributed by atoms with Crippen LogP contribution in [0.15, 0.2) is 6.07 Å². The zero-order valence-electron chi connectivity index (χ0n) is 13.2. The normalized spacial score (nSPS) is 12.6. The van der Waals surface area contributed by atoms with Gasteiger partial charge in [0, 0.05) is 32.6 Å². The number of hydrogen-bond donors (Lipinski definition) is 1. The lowest BCUT2D eigenvalue weighted by molar-refractivity contribution is 0.501. The molecule has 1 N–H and O–H groups in total. The number of aromatic nitrogens is 2. The van der Waals surface area contributed by atoms with Crippen LogP contribution in [0, 0.1) is 5.92 Å². The number of rotatable bonds is 7. The summed E-state index contributed by atoms with van der Waals surface area (Å²) < 4.78 is 0. The van der Waals surface area contributed by atoms with Gasteiger partial charge in [0.25, 0.3) is 0 Å². The van der Waals surface area contributed by atoms with Crippen molar-refractivity contribution in [1.29, 1.82) is 0 Å². The van der Waals surface area contributed by atoms with Crippen molar-refractivity contribution in [3.8, 4) is 0 Å². The summed E-state index contributed by atoms with van der Waals surface area (Å²) in [6, 6.07) is 2.50. The highest BCUT2D eigenvalue weighted by atomic mass is 15.2. The van der Waals surface area contributed by atoms with Crippen LogP contribution in [0.5, 0.6) is 0 Å². The molecule has 0 bridgehead atoms. The van der Waals surface area contributed by atoms with Crippen LogP contribution >= 0.6 is 0 Å². The molecule has 0 amide bonds. The highest BCUT2D eigenvalue weighted by Crippen LogP contribution is 2.20. The fourth-order valence-electron chi connectivity index (χ4n) is 2.19. The maximum Gasteiger partial charge on any atom is 0.134 e. The Labute approximate surface area is 117 Å². The molecule has 0 aromatic carbocycles. The van der Waals surface area contributed by atoms with Gasteiger partial charge >= 0.3 is 0 Å². The van der Waals surface area contributed by atoms with E-state index in [9.17, 15) is 0 Å². The minimum absolute atomic E-state index is 0.481. The molecule has 1 atom stereocenters. The van der Waals surface area contributed by atoms with Crippen LogP contribution in [0.1, 0.15) is 46.4 Å². The van der Waals surface area contributed by atoms with Gasteiger partial charge in [-0.1, -0.05) is 20.8 Å². The first-order valence-electron chi connectivity index (χ1n) is 7.26. The molecule has 1 rings (SSSR count). The Morgan fingerprint density at radius 2 is 1.95 bits per heavy atom. The molecule has 1 heterocycles. The van der Waals surface area contributed by atoms with E-state index in [0.29, 0.717) is 12.0 Å². The first-order valence-corrected chi connectivity index (χ1v) is 7.26. The van der Waals surface area contributed by atoms with Gasteiger partial charge in [-0.2, -0.15) is 0 Å². The summed E-state index contributed by atoms with van der Waals surface area (Å²) in [6.45, 7) is 8.92. The molecule has 0 saturated heterocycles. The minimum atomic E-state index is 0.481. The SMILES string of the molecule is CCCc1nc(NC)cc(N(C)C(C)CC(C)C)n1. The zero-order valence-corrected chi connectivity index (χ0v) is 13.2. The highest BCUT2D eigenvalue weighted by molar-refractivity contribution is 5.49. The van der Waals surface area contributed by atoms with Crippen LogP contribution in [0.2, 0.25) is 0 Å². The van der Waals surface area contributed by atoms with Crippen LogP contribution in [-0.2, 0) is 6.42 Å². The van der Waals surface area contributed by atoms with Crippen molar-refractivity contribution in [2.45, 2.75) is 53.0 Å². The van der Waals surface area contributed by atoms with Gasteiger partial charge in [-0.15, -0.1) is 0 Å². The predicted molar refractivity (Wildman–Crippen MR) is 82.9 cm³/mol. The Kier molecular flexibility index (Phi) is 6.06. The molecule has 1 unspecified atom stereocenters. The summed E-state index contributed by atoms with van der Waals surface area (Å²) in [7, 11) is 4.02. The monoisotopic (exact) mass is 264 g/mol. The van der Waals surface area contributed by atoms with Crippen molar-refractivity contribution in [3.63, 3.8) is 0 Å². The van der Waals surface area contributed by atoms with Gasteiger partial charge in [-0.3, -0.25) is 0 Å². The molecule has 1 aromatic rings. The molecule has 0 aliphatic rings. The Morgan fingerprint density at radius 1 is 1.26 bits per heavy atom. The largest absolute Gasteiger partial charge is 0.373 e. The summed E-state index contributed by atoms with van der Waals surface area (Å²) in [5, 5.41) is 3.12. The van der Waals surface area contributed by atoms with Gasteiger partial charge in [0.2, 0.25) is 0 Å². The number of nitrogens with one attached hydrogen (secondary N) is 1. The van der Waals surface area contributed by atoms with Gasteiger partial charge in [0.05, 0.1) is 0 Å². The summed E-state index contributed by atoms with van der Waals surface area (Å²) in [6.07, 6.45) is 3.16. The van der Waals surface area contributed by atoms with Crippen LogP contribution in [0.3, 0.4) is 0 Å². The third-order valence-electron chi connectivity index (χ3n) is 3.32. The van der Waals surface area contributed by atoms with Crippen LogP contribution in [0.25, 0.3) is 0 Å². The molecule has 4 heteroatoms. The lowest BCUT2D eigenvalue weighted by Crippen LogP contribution is -2.31. The van der Waals surface area contributed by atoms with Crippen molar-refractivity contribution in [2.24, 2.45) is 5.92 Å². The van der Waals surface area contributed by atoms with E-state index in [-0.39, 0.29) is 0 Å². The molecule has 0 aliphatic heterocycles. The van der Waals surface area contributed by atoms with Crippen LogP contribution < -0.4 is 10.2 Å². The molecular formula is C15H28N4. The second-order valence-electron chi connectivity index (χ2n) is 5.62. The van der Waals surface area contributed by atoms with Gasteiger partial charge in [0.15, 0.2) is 0 Å². The lowest BCUT2D eigenvalue weighted by atomic mass is 10.0. The average molecular weight is 264 g/mol. The smallest absolute Gasteiger partial charge is 0.134 e. The van der Waals surface area contributed by atoms with Crippen molar-refractivity contribution in [2.75, 3.05) is 24.3 Å². The fraction of sp³-hybridized carbons (Fsp3) is 0.733. The predicted octanol–water partition coefficient (Wildman–Crippen LogP) is 3.34. The second-order valence-corrected chi connectivity index (χ2v) is 5.62. The van der Waals surface area contributed by atoms with E-state index >= 15 is 0 Å². The molecule has 1 aromatic heterocycles. The Balaban J connectivity index is 2.94. The zero-order chi connectivity index (χ0) is 14.4. The van der Waals surface area contributed by atoms with Crippen LogP contribution in [0.4, 0.5) is 11.6 Å². The van der Waals surface area contributed by atoms with E-state index in [0.717, 1.165) is 30.3 Å². The lowest BCUT2D eigenvalue weighted by Gasteiger charge is -2.27. The number of anilines is 2. The quantitative estimate of drug-likeness (QED) is 0.820. The molecule has 0 fully saturated rings. The maximum atomic E-state index is 4.67. The van der Waals surface area contributed by atoms with E-state index < -0.39 is 0 Å². The molecule has 19 heavy (non-hydrogen) atoms. The first-order chi connectivity index (χ1) is 8.97. The fourth-order valence-corrected chi connectivity index (χ4v) is 2.19. The maximum absolute atomic E-state index is 4.67. The average Bonchev–Trinajstić information content (AvgIpc) is 2.37. The number of hydrogen-bond acceptors (Lipinski definition) is 4. The molecule has 108 valence electrons. The minimum Gasteiger partial charge on any atom is -0.373 e. The summed E-state index contributed by atoms with van der Waals surface area (Å²) in [5.41, 5.74) is 0. The van der Waals surface area contributed by atoms with Crippen molar-refractivity contribution >= 4 is 11.6 Å². The van der Waals surface area contributed by atoms with Crippen LogP contribution in [-0.4, -0.2) is 30.1 Å². The highest BCUT2D eigenvalue weighted by Gasteiger charge is 2.14. The number of nitrogens with zero attached hydrogens (tertiary/aromatic N) is 3. The van der Waals surface area contributed by atoms with E-state index in [1.807, 2.05) is 13.1 Å². The third kappa shape index (κ3) is 4.69. The summed E-state index contributed by atoms with van der Waals surface area (Å²) in [4.78, 5) is 11.4. The molecular weight excluding hydrogens is 236 g/mol. The molecule has 4 nitrogen and oxygen atoms in total. The van der Waals surface area contributed by atoms with Crippen molar-refractivity contribution in [1.82, 2.24) is 9.97 Å². The van der Waals surface area contributed by atoms with E-state index in [1.54, 1.807) is 0 Å². The van der Waals surface area contributed by atoms with E-state index in [1.165, 1.54) is 6.42 Å². The molecule has 0 radical (unpaired) electrons. The second kappa shape index (κ2) is 7.31. The Bertz CT molecular complexity index is 390. The molecule has 0 spiro atoms. The molecule has 0 saturated carbocycles. The summed E-state index contributed by atoms with van der Waals surface area (Å²) >= 11 is 0.